The Morgan fingerprint density at radius 3 is 2.10 bits per heavy atom. The largest absolute Gasteiger partial charge is 0.444 e. The van der Waals surface area contributed by atoms with Crippen molar-refractivity contribution in [2.24, 2.45) is 4.99 Å². The molecule has 182 valence electrons. The zero-order valence-electron chi connectivity index (χ0n) is 21.1. The Labute approximate surface area is 190 Å². The first-order chi connectivity index (χ1) is 14.7. The summed E-state index contributed by atoms with van der Waals surface area (Å²) in [4.78, 5) is 21.7. The van der Waals surface area contributed by atoms with Gasteiger partial charge >= 0.3 is 6.09 Å². The van der Waals surface area contributed by atoms with Crippen LogP contribution >= 0.6 is 0 Å². The van der Waals surface area contributed by atoms with Gasteiger partial charge in [-0.25, -0.2) is 4.79 Å². The molecule has 0 aromatic rings. The quantitative estimate of drug-likeness (QED) is 0.260. The van der Waals surface area contributed by atoms with Crippen molar-refractivity contribution < 1.29 is 9.53 Å². The number of ether oxygens (including phenoxy) is 1. The van der Waals surface area contributed by atoms with E-state index in [1.54, 1.807) is 7.05 Å². The van der Waals surface area contributed by atoms with Gasteiger partial charge in [0.25, 0.3) is 0 Å². The summed E-state index contributed by atoms with van der Waals surface area (Å²) < 4.78 is 5.45. The van der Waals surface area contributed by atoms with Gasteiger partial charge in [-0.05, 0) is 59.5 Å². The van der Waals surface area contributed by atoms with Crippen molar-refractivity contribution >= 4 is 12.1 Å². The lowest BCUT2D eigenvalue weighted by molar-refractivity contribution is 0.0448. The first-order valence-electron chi connectivity index (χ1n) is 12.1. The Bertz CT molecular complexity index is 535. The van der Waals surface area contributed by atoms with Crippen molar-refractivity contribution in [2.45, 2.75) is 78.4 Å². The number of carbonyl (C=O) groups is 1. The molecule has 0 aliphatic carbocycles. The summed E-state index contributed by atoms with van der Waals surface area (Å²) in [6, 6.07) is 0. The number of nitrogens with one attached hydrogen (secondary N) is 3. The molecule has 0 spiro atoms. The maximum atomic E-state index is 12.3. The molecule has 0 saturated carbocycles. The van der Waals surface area contributed by atoms with Crippen LogP contribution < -0.4 is 16.0 Å². The minimum atomic E-state index is -0.508. The van der Waals surface area contributed by atoms with Gasteiger partial charge in [0.2, 0.25) is 0 Å². The molecule has 1 saturated heterocycles. The van der Waals surface area contributed by atoms with E-state index < -0.39 is 5.60 Å². The van der Waals surface area contributed by atoms with Crippen LogP contribution in [0.3, 0.4) is 0 Å². The first-order valence-corrected chi connectivity index (χ1v) is 12.1. The minimum Gasteiger partial charge on any atom is -0.444 e. The number of rotatable bonds is 11. The molecule has 0 atom stereocenters. The normalized spacial score (nSPS) is 16.8. The van der Waals surface area contributed by atoms with E-state index >= 15 is 0 Å². The van der Waals surface area contributed by atoms with E-state index in [0.29, 0.717) is 6.54 Å². The van der Waals surface area contributed by atoms with E-state index in [1.165, 1.54) is 39.1 Å². The third kappa shape index (κ3) is 11.1. The monoisotopic (exact) mass is 440 g/mol. The Balaban J connectivity index is 2.34. The van der Waals surface area contributed by atoms with E-state index in [4.69, 9.17) is 4.74 Å². The summed E-state index contributed by atoms with van der Waals surface area (Å²) in [5, 5.41) is 9.86. The molecule has 1 aliphatic heterocycles. The average Bonchev–Trinajstić information content (AvgIpc) is 2.73. The molecular weight excluding hydrogens is 392 g/mol. The second kappa shape index (κ2) is 13.8. The van der Waals surface area contributed by atoms with Crippen molar-refractivity contribution in [3.8, 4) is 0 Å². The van der Waals surface area contributed by atoms with E-state index in [1.807, 2.05) is 20.8 Å². The van der Waals surface area contributed by atoms with Crippen LogP contribution in [0.4, 0.5) is 4.79 Å². The fraction of sp³-hybridized carbons (Fsp3) is 0.913. The molecule has 0 bridgehead atoms. The molecule has 0 radical (unpaired) electrons. The number of piperazine rings is 1. The first kappa shape index (κ1) is 27.5. The van der Waals surface area contributed by atoms with Gasteiger partial charge < -0.3 is 30.5 Å². The topological polar surface area (TPSA) is 81.2 Å². The van der Waals surface area contributed by atoms with Gasteiger partial charge in [-0.3, -0.25) is 4.99 Å². The summed E-state index contributed by atoms with van der Waals surface area (Å²) in [6.07, 6.45) is 3.53. The molecule has 1 amide bonds. The van der Waals surface area contributed by atoms with Crippen LogP contribution in [0.5, 0.6) is 0 Å². The lowest BCUT2D eigenvalue weighted by Crippen LogP contribution is -2.57. The number of likely N-dealkylation sites (N-methyl/N-ethyl adjacent to an activating group) is 1. The highest BCUT2D eigenvalue weighted by Crippen LogP contribution is 2.16. The molecule has 1 fully saturated rings. The van der Waals surface area contributed by atoms with Gasteiger partial charge in [0.05, 0.1) is 5.54 Å². The molecule has 31 heavy (non-hydrogen) atoms. The van der Waals surface area contributed by atoms with E-state index in [0.717, 1.165) is 38.3 Å². The summed E-state index contributed by atoms with van der Waals surface area (Å²) >= 11 is 0. The highest BCUT2D eigenvalue weighted by Gasteiger charge is 2.30. The summed E-state index contributed by atoms with van der Waals surface area (Å²) in [5.41, 5.74) is -0.882. The lowest BCUT2D eigenvalue weighted by atomic mass is 9.93. The second-order valence-corrected chi connectivity index (χ2v) is 9.45. The van der Waals surface area contributed by atoms with E-state index in [2.05, 4.69) is 51.5 Å². The molecule has 8 heteroatoms. The number of hydrogen-bond donors (Lipinski definition) is 3. The average molecular weight is 441 g/mol. The van der Waals surface area contributed by atoms with Gasteiger partial charge in [0.1, 0.15) is 5.60 Å². The third-order valence-electron chi connectivity index (χ3n) is 6.04. The number of hydrogen-bond acceptors (Lipinski definition) is 5. The standard InChI is InChI=1S/C23H48N6O2/c1-8-23(9-2,27-21(30)31-22(4,5)6)19-26-20(24-7)25-13-11-12-14-29-17-15-28(10-3)16-18-29/h8-19H2,1-7H3,(H,27,30)(H2,24,25,26). The second-order valence-electron chi connectivity index (χ2n) is 9.45. The van der Waals surface area contributed by atoms with Crippen molar-refractivity contribution in [3.63, 3.8) is 0 Å². The van der Waals surface area contributed by atoms with Crippen LogP contribution in [0, 0.1) is 0 Å². The molecule has 1 aliphatic rings. The summed E-state index contributed by atoms with van der Waals surface area (Å²) in [7, 11) is 1.78. The number of nitrogens with zero attached hydrogens (tertiary/aromatic N) is 3. The van der Waals surface area contributed by atoms with Gasteiger partial charge in [-0.2, -0.15) is 0 Å². The molecular formula is C23H48N6O2. The molecule has 0 aromatic carbocycles. The molecule has 0 aromatic heterocycles. The van der Waals surface area contributed by atoms with Crippen molar-refractivity contribution in [1.29, 1.82) is 0 Å². The Kier molecular flexibility index (Phi) is 12.2. The van der Waals surface area contributed by atoms with Crippen LogP contribution in [0.1, 0.15) is 67.2 Å². The highest BCUT2D eigenvalue weighted by atomic mass is 16.6. The molecule has 8 nitrogen and oxygen atoms in total. The number of alkyl carbamates (subject to hydrolysis) is 1. The van der Waals surface area contributed by atoms with Gasteiger partial charge in [-0.1, -0.05) is 20.8 Å². The zero-order chi connectivity index (χ0) is 23.3. The van der Waals surface area contributed by atoms with Crippen LogP contribution in [0.25, 0.3) is 0 Å². The SMILES string of the molecule is CCN1CCN(CCCCNC(=NC)NCC(CC)(CC)NC(=O)OC(C)(C)C)CC1. The minimum absolute atomic E-state index is 0.374. The summed E-state index contributed by atoms with van der Waals surface area (Å²) in [5.74, 6) is 0.772. The Morgan fingerprint density at radius 1 is 0.968 bits per heavy atom. The van der Waals surface area contributed by atoms with Gasteiger partial charge in [0, 0.05) is 46.3 Å². The van der Waals surface area contributed by atoms with Crippen molar-refractivity contribution in [2.75, 3.05) is 59.4 Å². The van der Waals surface area contributed by atoms with Crippen LogP contribution in [0.2, 0.25) is 0 Å². The Hall–Kier alpha value is -1.54. The fourth-order valence-corrected chi connectivity index (χ4v) is 3.71. The maximum absolute atomic E-state index is 12.3. The van der Waals surface area contributed by atoms with Crippen LogP contribution in [-0.2, 0) is 4.74 Å². The highest BCUT2D eigenvalue weighted by molar-refractivity contribution is 5.79. The molecule has 1 heterocycles. The number of guanidine groups is 1. The number of amides is 1. The Morgan fingerprint density at radius 2 is 1.58 bits per heavy atom. The van der Waals surface area contributed by atoms with E-state index in [9.17, 15) is 4.79 Å². The lowest BCUT2D eigenvalue weighted by Gasteiger charge is -2.34. The molecule has 0 unspecified atom stereocenters. The molecule has 1 rings (SSSR count). The molecule has 3 N–H and O–H groups in total. The van der Waals surface area contributed by atoms with Gasteiger partial charge in [0.15, 0.2) is 5.96 Å². The smallest absolute Gasteiger partial charge is 0.408 e. The van der Waals surface area contributed by atoms with Crippen LogP contribution in [-0.4, -0.2) is 92.4 Å². The van der Waals surface area contributed by atoms with Gasteiger partial charge in [-0.15, -0.1) is 0 Å². The predicted octanol–water partition coefficient (Wildman–Crippen LogP) is 2.65. The zero-order valence-corrected chi connectivity index (χ0v) is 21.1. The number of unbranched alkanes of at least 4 members (excludes halogenated alkanes) is 1. The number of carbonyl (C=O) groups excluding carboxylic acids is 1. The summed E-state index contributed by atoms with van der Waals surface area (Å²) in [6.45, 7) is 20.6. The third-order valence-corrected chi connectivity index (χ3v) is 6.04. The predicted molar refractivity (Wildman–Crippen MR) is 130 cm³/mol. The fourth-order valence-electron chi connectivity index (χ4n) is 3.71. The van der Waals surface area contributed by atoms with E-state index in [-0.39, 0.29) is 11.6 Å². The number of aliphatic imine (C=N–C) groups is 1. The van der Waals surface area contributed by atoms with Crippen molar-refractivity contribution in [1.82, 2.24) is 25.8 Å². The van der Waals surface area contributed by atoms with Crippen LogP contribution in [0.15, 0.2) is 4.99 Å². The maximum Gasteiger partial charge on any atom is 0.408 e. The van der Waals surface area contributed by atoms with Crippen molar-refractivity contribution in [3.05, 3.63) is 0 Å².